The van der Waals surface area contributed by atoms with Crippen LogP contribution in [0.15, 0.2) is 52.4 Å². The number of H-pyrrole nitrogens is 1. The Morgan fingerprint density at radius 2 is 2.03 bits per heavy atom. The Bertz CT molecular complexity index is 1230. The molecule has 0 radical (unpaired) electrons. The lowest BCUT2D eigenvalue weighted by molar-refractivity contribution is 0.626. The van der Waals surface area contributed by atoms with Gasteiger partial charge in [0.1, 0.15) is 5.82 Å². The molecule has 8 heteroatoms. The van der Waals surface area contributed by atoms with Crippen LogP contribution in [0.5, 0.6) is 0 Å². The van der Waals surface area contributed by atoms with E-state index in [1.54, 1.807) is 18.2 Å². The fourth-order valence-electron chi connectivity index (χ4n) is 3.18. The second-order valence-corrected chi connectivity index (χ2v) is 8.17. The first-order valence-corrected chi connectivity index (χ1v) is 10.7. The number of halogens is 1. The van der Waals surface area contributed by atoms with E-state index >= 15 is 0 Å². The molecule has 6 nitrogen and oxygen atoms in total. The summed E-state index contributed by atoms with van der Waals surface area (Å²) in [6.07, 6.45) is 0.966. The lowest BCUT2D eigenvalue weighted by Crippen LogP contribution is -2.11. The van der Waals surface area contributed by atoms with Crippen LogP contribution in [-0.2, 0) is 12.3 Å². The largest absolute Gasteiger partial charge is 0.309 e. The van der Waals surface area contributed by atoms with Gasteiger partial charge >= 0.3 is 0 Å². The molecule has 0 aliphatic carbocycles. The molecule has 0 fully saturated rings. The first-order chi connectivity index (χ1) is 14.0. The van der Waals surface area contributed by atoms with Crippen molar-refractivity contribution in [3.8, 4) is 11.4 Å². The maximum absolute atomic E-state index is 12.3. The molecule has 2 aromatic heterocycles. The first-order valence-electron chi connectivity index (χ1n) is 9.36. The van der Waals surface area contributed by atoms with Crippen LogP contribution in [0.2, 0.25) is 5.02 Å². The zero-order valence-corrected chi connectivity index (χ0v) is 17.7. The van der Waals surface area contributed by atoms with Crippen LogP contribution in [0.1, 0.15) is 24.7 Å². The number of aryl methyl sites for hydroxylation is 1. The molecular weight excluding hydrogens is 406 g/mol. The van der Waals surface area contributed by atoms with Crippen molar-refractivity contribution in [2.75, 3.05) is 0 Å². The standard InChI is InChI=1S/C21H20ClN5OS/c1-3-9-27-19(14-6-4-5-13(2)10-14)25-26-21(27)29-12-18-23-17-11-15(22)7-8-16(17)20(28)24-18/h4-8,10-11H,3,9,12H2,1-2H3,(H,23,24,28). The number of nitrogens with zero attached hydrogens (tertiary/aromatic N) is 4. The molecule has 1 N–H and O–H groups in total. The van der Waals surface area contributed by atoms with E-state index in [0.29, 0.717) is 27.5 Å². The molecular formula is C21H20ClN5OS. The number of hydrogen-bond acceptors (Lipinski definition) is 5. The molecule has 2 aromatic carbocycles. The van der Waals surface area contributed by atoms with Gasteiger partial charge in [-0.3, -0.25) is 4.79 Å². The summed E-state index contributed by atoms with van der Waals surface area (Å²) in [5, 5.41) is 10.7. The van der Waals surface area contributed by atoms with E-state index in [9.17, 15) is 4.79 Å². The normalized spacial score (nSPS) is 11.3. The summed E-state index contributed by atoms with van der Waals surface area (Å²) in [7, 11) is 0. The Hall–Kier alpha value is -2.64. The third-order valence-electron chi connectivity index (χ3n) is 4.50. The third-order valence-corrected chi connectivity index (χ3v) is 5.71. The molecule has 29 heavy (non-hydrogen) atoms. The number of nitrogens with one attached hydrogen (secondary N) is 1. The highest BCUT2D eigenvalue weighted by molar-refractivity contribution is 7.98. The molecule has 0 atom stereocenters. The van der Waals surface area contributed by atoms with Crippen molar-refractivity contribution in [2.45, 2.75) is 37.7 Å². The van der Waals surface area contributed by atoms with Gasteiger partial charge in [-0.25, -0.2) is 4.98 Å². The number of fused-ring (bicyclic) bond motifs is 1. The second-order valence-electron chi connectivity index (χ2n) is 6.79. The summed E-state index contributed by atoms with van der Waals surface area (Å²) in [6.45, 7) is 5.00. The van der Waals surface area contributed by atoms with Gasteiger partial charge in [-0.05, 0) is 37.6 Å². The summed E-state index contributed by atoms with van der Waals surface area (Å²) in [5.41, 5.74) is 2.65. The predicted octanol–water partition coefficient (Wildman–Crippen LogP) is 4.85. The minimum Gasteiger partial charge on any atom is -0.309 e. The minimum atomic E-state index is -0.169. The molecule has 0 saturated heterocycles. The summed E-state index contributed by atoms with van der Waals surface area (Å²) in [5.74, 6) is 1.91. The van der Waals surface area contributed by atoms with Crippen molar-refractivity contribution >= 4 is 34.3 Å². The molecule has 0 bridgehead atoms. The average Bonchev–Trinajstić information content (AvgIpc) is 3.09. The molecule has 4 rings (SSSR count). The van der Waals surface area contributed by atoms with Crippen molar-refractivity contribution in [2.24, 2.45) is 0 Å². The number of benzene rings is 2. The van der Waals surface area contributed by atoms with E-state index < -0.39 is 0 Å². The number of hydrogen-bond donors (Lipinski definition) is 1. The fourth-order valence-corrected chi connectivity index (χ4v) is 4.18. The van der Waals surface area contributed by atoms with E-state index in [4.69, 9.17) is 11.6 Å². The summed E-state index contributed by atoms with van der Waals surface area (Å²) in [6, 6.07) is 13.3. The van der Waals surface area contributed by atoms with Crippen LogP contribution in [0.4, 0.5) is 0 Å². The van der Waals surface area contributed by atoms with E-state index in [2.05, 4.69) is 50.7 Å². The van der Waals surface area contributed by atoms with Crippen molar-refractivity contribution in [3.05, 3.63) is 69.2 Å². The van der Waals surface area contributed by atoms with Gasteiger partial charge in [0, 0.05) is 17.1 Å². The molecule has 0 amide bonds. The lowest BCUT2D eigenvalue weighted by Gasteiger charge is -2.09. The molecule has 2 heterocycles. The van der Waals surface area contributed by atoms with E-state index in [0.717, 1.165) is 29.5 Å². The average molecular weight is 426 g/mol. The number of aromatic nitrogens is 5. The molecule has 0 saturated carbocycles. The number of aromatic amines is 1. The van der Waals surface area contributed by atoms with Gasteiger partial charge < -0.3 is 9.55 Å². The minimum absolute atomic E-state index is 0.169. The molecule has 0 unspecified atom stereocenters. The highest BCUT2D eigenvalue weighted by Crippen LogP contribution is 2.27. The van der Waals surface area contributed by atoms with Crippen molar-refractivity contribution in [1.82, 2.24) is 24.7 Å². The predicted molar refractivity (Wildman–Crippen MR) is 117 cm³/mol. The van der Waals surface area contributed by atoms with Crippen LogP contribution in [0.3, 0.4) is 0 Å². The maximum atomic E-state index is 12.3. The van der Waals surface area contributed by atoms with Gasteiger partial charge in [-0.1, -0.05) is 54.0 Å². The Labute approximate surface area is 177 Å². The van der Waals surface area contributed by atoms with Crippen molar-refractivity contribution in [3.63, 3.8) is 0 Å². The van der Waals surface area contributed by atoms with Crippen molar-refractivity contribution in [1.29, 1.82) is 0 Å². The van der Waals surface area contributed by atoms with Gasteiger partial charge in [-0.15, -0.1) is 10.2 Å². The van der Waals surface area contributed by atoms with Crippen LogP contribution in [0, 0.1) is 6.92 Å². The Morgan fingerprint density at radius 1 is 1.17 bits per heavy atom. The second kappa shape index (κ2) is 8.39. The zero-order chi connectivity index (χ0) is 20.4. The number of thioether (sulfide) groups is 1. The van der Waals surface area contributed by atoms with Crippen LogP contribution in [-0.4, -0.2) is 24.7 Å². The van der Waals surface area contributed by atoms with Gasteiger partial charge in [0.05, 0.1) is 16.7 Å². The molecule has 0 aliphatic rings. The van der Waals surface area contributed by atoms with E-state index in [-0.39, 0.29) is 5.56 Å². The smallest absolute Gasteiger partial charge is 0.258 e. The van der Waals surface area contributed by atoms with Gasteiger partial charge in [-0.2, -0.15) is 0 Å². The molecule has 4 aromatic rings. The molecule has 0 aliphatic heterocycles. The Morgan fingerprint density at radius 3 is 2.83 bits per heavy atom. The highest BCUT2D eigenvalue weighted by Gasteiger charge is 2.15. The summed E-state index contributed by atoms with van der Waals surface area (Å²) in [4.78, 5) is 19.7. The van der Waals surface area contributed by atoms with Crippen molar-refractivity contribution < 1.29 is 0 Å². The Balaban J connectivity index is 1.63. The monoisotopic (exact) mass is 425 g/mol. The van der Waals surface area contributed by atoms with E-state index in [1.807, 2.05) is 12.1 Å². The van der Waals surface area contributed by atoms with Gasteiger partial charge in [0.2, 0.25) is 0 Å². The lowest BCUT2D eigenvalue weighted by atomic mass is 10.1. The quantitative estimate of drug-likeness (QED) is 0.447. The topological polar surface area (TPSA) is 76.5 Å². The zero-order valence-electron chi connectivity index (χ0n) is 16.1. The number of rotatable bonds is 6. The SMILES string of the molecule is CCCn1c(SCc2nc3cc(Cl)ccc3c(=O)[nH]2)nnc1-c1cccc(C)c1. The van der Waals surface area contributed by atoms with Crippen LogP contribution >= 0.6 is 23.4 Å². The summed E-state index contributed by atoms with van der Waals surface area (Å²) < 4.78 is 2.12. The molecule has 148 valence electrons. The van der Waals surface area contributed by atoms with Crippen LogP contribution in [0.25, 0.3) is 22.3 Å². The fraction of sp³-hybridized carbons (Fsp3) is 0.238. The Kier molecular flexibility index (Phi) is 5.69. The maximum Gasteiger partial charge on any atom is 0.258 e. The van der Waals surface area contributed by atoms with Gasteiger partial charge in [0.25, 0.3) is 5.56 Å². The van der Waals surface area contributed by atoms with E-state index in [1.165, 1.54) is 17.3 Å². The van der Waals surface area contributed by atoms with Crippen LogP contribution < -0.4 is 5.56 Å². The third kappa shape index (κ3) is 4.21. The highest BCUT2D eigenvalue weighted by atomic mass is 35.5. The molecule has 0 spiro atoms. The first kappa shape index (κ1) is 19.7. The summed E-state index contributed by atoms with van der Waals surface area (Å²) >= 11 is 7.55. The van der Waals surface area contributed by atoms with Gasteiger partial charge in [0.15, 0.2) is 11.0 Å².